The van der Waals surface area contributed by atoms with Crippen LogP contribution in [0.25, 0.3) is 0 Å². The quantitative estimate of drug-likeness (QED) is 0.706. The van der Waals surface area contributed by atoms with Gasteiger partial charge in [-0.25, -0.2) is 0 Å². The smallest absolute Gasteiger partial charge is 0.106 e. The standard InChI is InChI=1S/C11H7Br3OS/c12-7-1-6(2-8(13)3-7)11(15)9-4-16-5-10(9)14/h1-5,11,15H. The first-order chi connectivity index (χ1) is 7.58. The largest absolute Gasteiger partial charge is 0.384 e. The molecular formula is C11H7Br3OS. The van der Waals surface area contributed by atoms with E-state index in [9.17, 15) is 5.11 Å². The molecule has 0 amide bonds. The van der Waals surface area contributed by atoms with E-state index >= 15 is 0 Å². The Kier molecular flexibility index (Phi) is 4.24. The lowest BCUT2D eigenvalue weighted by Gasteiger charge is -2.11. The highest BCUT2D eigenvalue weighted by molar-refractivity contribution is 9.11. The maximum Gasteiger partial charge on any atom is 0.106 e. The molecule has 2 aromatic rings. The molecule has 1 N–H and O–H groups in total. The van der Waals surface area contributed by atoms with Gasteiger partial charge in [-0.05, 0) is 45.1 Å². The van der Waals surface area contributed by atoms with Crippen molar-refractivity contribution in [3.8, 4) is 0 Å². The fourth-order valence-electron chi connectivity index (χ4n) is 1.40. The molecule has 5 heteroatoms. The lowest BCUT2D eigenvalue weighted by atomic mass is 10.0. The van der Waals surface area contributed by atoms with Crippen molar-refractivity contribution in [3.63, 3.8) is 0 Å². The normalized spacial score (nSPS) is 12.8. The summed E-state index contributed by atoms with van der Waals surface area (Å²) in [5.74, 6) is 0. The highest BCUT2D eigenvalue weighted by atomic mass is 79.9. The first kappa shape index (κ1) is 12.8. The van der Waals surface area contributed by atoms with Crippen LogP contribution in [0.5, 0.6) is 0 Å². The van der Waals surface area contributed by atoms with Gasteiger partial charge in [0.2, 0.25) is 0 Å². The predicted octanol–water partition coefficient (Wildman–Crippen LogP) is 5.12. The van der Waals surface area contributed by atoms with Crippen LogP contribution < -0.4 is 0 Å². The zero-order chi connectivity index (χ0) is 11.7. The van der Waals surface area contributed by atoms with Gasteiger partial charge in [0.1, 0.15) is 6.10 Å². The molecule has 84 valence electrons. The van der Waals surface area contributed by atoms with Crippen LogP contribution in [0.1, 0.15) is 17.2 Å². The summed E-state index contributed by atoms with van der Waals surface area (Å²) in [6.45, 7) is 0. The molecule has 0 aliphatic heterocycles. The van der Waals surface area contributed by atoms with E-state index in [1.165, 1.54) is 0 Å². The van der Waals surface area contributed by atoms with Gasteiger partial charge in [0, 0.05) is 24.4 Å². The molecule has 0 aliphatic carbocycles. The minimum Gasteiger partial charge on any atom is -0.384 e. The van der Waals surface area contributed by atoms with E-state index < -0.39 is 6.10 Å². The van der Waals surface area contributed by atoms with Crippen LogP contribution >= 0.6 is 59.1 Å². The molecule has 0 bridgehead atoms. The molecule has 1 aromatic heterocycles. The van der Waals surface area contributed by atoms with E-state index in [1.807, 2.05) is 29.0 Å². The molecule has 0 radical (unpaired) electrons. The van der Waals surface area contributed by atoms with Crippen molar-refractivity contribution in [2.45, 2.75) is 6.10 Å². The van der Waals surface area contributed by atoms with Crippen LogP contribution in [0.3, 0.4) is 0 Å². The van der Waals surface area contributed by atoms with Gasteiger partial charge in [-0.3, -0.25) is 0 Å². The third-order valence-corrected chi connectivity index (χ3v) is 4.80. The topological polar surface area (TPSA) is 20.2 Å². The summed E-state index contributed by atoms with van der Waals surface area (Å²) < 4.78 is 2.84. The number of benzene rings is 1. The summed E-state index contributed by atoms with van der Waals surface area (Å²) >= 11 is 11.8. The number of hydrogen-bond donors (Lipinski definition) is 1. The number of halogens is 3. The number of aliphatic hydroxyl groups excluding tert-OH is 1. The van der Waals surface area contributed by atoms with Crippen LogP contribution in [-0.2, 0) is 0 Å². The molecule has 1 heterocycles. The molecule has 2 rings (SSSR count). The van der Waals surface area contributed by atoms with E-state index in [-0.39, 0.29) is 0 Å². The van der Waals surface area contributed by atoms with Crippen LogP contribution in [0.2, 0.25) is 0 Å². The lowest BCUT2D eigenvalue weighted by Crippen LogP contribution is -1.98. The number of aliphatic hydroxyl groups is 1. The van der Waals surface area contributed by atoms with Crippen LogP contribution in [0, 0.1) is 0 Å². The van der Waals surface area contributed by atoms with Gasteiger partial charge in [0.25, 0.3) is 0 Å². The average molecular weight is 427 g/mol. The molecule has 16 heavy (non-hydrogen) atoms. The van der Waals surface area contributed by atoms with Crippen molar-refractivity contribution in [1.82, 2.24) is 0 Å². The third kappa shape index (κ3) is 2.76. The molecule has 1 unspecified atom stereocenters. The summed E-state index contributed by atoms with van der Waals surface area (Å²) in [5.41, 5.74) is 1.76. The van der Waals surface area contributed by atoms with Gasteiger partial charge in [-0.15, -0.1) is 0 Å². The number of thiophene rings is 1. The number of hydrogen-bond acceptors (Lipinski definition) is 2. The summed E-state index contributed by atoms with van der Waals surface area (Å²) in [6, 6.07) is 5.78. The van der Waals surface area contributed by atoms with Crippen molar-refractivity contribution in [3.05, 3.63) is 53.5 Å². The van der Waals surface area contributed by atoms with Gasteiger partial charge >= 0.3 is 0 Å². The molecule has 1 aromatic carbocycles. The van der Waals surface area contributed by atoms with Crippen molar-refractivity contribution < 1.29 is 5.11 Å². The molecule has 0 saturated carbocycles. The van der Waals surface area contributed by atoms with E-state index in [2.05, 4.69) is 47.8 Å². The second-order valence-electron chi connectivity index (χ2n) is 3.28. The van der Waals surface area contributed by atoms with Crippen molar-refractivity contribution >= 4 is 59.1 Å². The molecule has 1 nitrogen and oxygen atoms in total. The molecule has 0 spiro atoms. The van der Waals surface area contributed by atoms with E-state index in [1.54, 1.807) is 11.3 Å². The maximum absolute atomic E-state index is 10.2. The molecular weight excluding hydrogens is 420 g/mol. The van der Waals surface area contributed by atoms with Gasteiger partial charge in [0.05, 0.1) is 0 Å². The Balaban J connectivity index is 2.41. The summed E-state index contributed by atoms with van der Waals surface area (Å²) in [5, 5.41) is 14.2. The van der Waals surface area contributed by atoms with Crippen molar-refractivity contribution in [1.29, 1.82) is 0 Å². The molecule has 0 saturated heterocycles. The fraction of sp³-hybridized carbons (Fsp3) is 0.0909. The second-order valence-corrected chi connectivity index (χ2v) is 6.71. The first-order valence-corrected chi connectivity index (χ1v) is 7.76. The van der Waals surface area contributed by atoms with Gasteiger partial charge in [-0.2, -0.15) is 11.3 Å². The highest BCUT2D eigenvalue weighted by Crippen LogP contribution is 2.33. The Hall–Kier alpha value is 0.320. The Morgan fingerprint density at radius 1 is 1.00 bits per heavy atom. The lowest BCUT2D eigenvalue weighted by molar-refractivity contribution is 0.220. The predicted molar refractivity (Wildman–Crippen MR) is 77.9 cm³/mol. The summed E-state index contributed by atoms with van der Waals surface area (Å²) in [7, 11) is 0. The zero-order valence-corrected chi connectivity index (χ0v) is 13.5. The third-order valence-electron chi connectivity index (χ3n) is 2.14. The van der Waals surface area contributed by atoms with Gasteiger partial charge in [-0.1, -0.05) is 31.9 Å². The van der Waals surface area contributed by atoms with Gasteiger partial charge < -0.3 is 5.11 Å². The average Bonchev–Trinajstić information content (AvgIpc) is 2.62. The Morgan fingerprint density at radius 2 is 1.62 bits per heavy atom. The Bertz CT molecular complexity index is 489. The van der Waals surface area contributed by atoms with E-state index in [4.69, 9.17) is 0 Å². The Morgan fingerprint density at radius 3 is 2.12 bits per heavy atom. The van der Waals surface area contributed by atoms with Crippen molar-refractivity contribution in [2.75, 3.05) is 0 Å². The first-order valence-electron chi connectivity index (χ1n) is 4.43. The second kappa shape index (κ2) is 5.31. The SMILES string of the molecule is OC(c1cc(Br)cc(Br)c1)c1cscc1Br. The van der Waals surface area contributed by atoms with Crippen LogP contribution in [-0.4, -0.2) is 5.11 Å². The van der Waals surface area contributed by atoms with Crippen LogP contribution in [0.4, 0.5) is 0 Å². The Labute approximate surface area is 123 Å². The minimum absolute atomic E-state index is 0.602. The zero-order valence-electron chi connectivity index (χ0n) is 7.95. The minimum atomic E-state index is -0.602. The molecule has 0 fully saturated rings. The van der Waals surface area contributed by atoms with Crippen molar-refractivity contribution in [2.24, 2.45) is 0 Å². The van der Waals surface area contributed by atoms with E-state index in [0.717, 1.165) is 24.5 Å². The number of rotatable bonds is 2. The summed E-state index contributed by atoms with van der Waals surface area (Å²) in [6.07, 6.45) is -0.602. The van der Waals surface area contributed by atoms with E-state index in [0.29, 0.717) is 0 Å². The monoisotopic (exact) mass is 424 g/mol. The maximum atomic E-state index is 10.2. The molecule has 0 aliphatic rings. The molecule has 1 atom stereocenters. The van der Waals surface area contributed by atoms with Gasteiger partial charge in [0.15, 0.2) is 0 Å². The summed E-state index contributed by atoms with van der Waals surface area (Å²) in [4.78, 5) is 0. The van der Waals surface area contributed by atoms with Crippen LogP contribution in [0.15, 0.2) is 42.4 Å². The highest BCUT2D eigenvalue weighted by Gasteiger charge is 2.15. The fourth-order valence-corrected chi connectivity index (χ4v) is 4.26.